The standard InChI is InChI=1S/C8H6Cl2O2S/c9-4-1-2-6(10)5(3-4)7(13)8(11)12/h1-3,7,13H,(H,11,12). The number of hydrogen-bond acceptors (Lipinski definition) is 2. The molecule has 0 saturated carbocycles. The lowest BCUT2D eigenvalue weighted by Gasteiger charge is -2.07. The molecule has 1 atom stereocenters. The fourth-order valence-electron chi connectivity index (χ4n) is 0.857. The van der Waals surface area contributed by atoms with Gasteiger partial charge in [-0.15, -0.1) is 0 Å². The van der Waals surface area contributed by atoms with Crippen molar-refractivity contribution in [1.82, 2.24) is 0 Å². The first kappa shape index (κ1) is 10.7. The van der Waals surface area contributed by atoms with Crippen LogP contribution in [0, 0.1) is 0 Å². The van der Waals surface area contributed by atoms with Gasteiger partial charge in [-0.1, -0.05) is 23.2 Å². The largest absolute Gasteiger partial charge is 0.480 e. The van der Waals surface area contributed by atoms with Gasteiger partial charge in [-0.2, -0.15) is 12.6 Å². The number of thiol groups is 1. The molecular formula is C8H6Cl2O2S. The van der Waals surface area contributed by atoms with E-state index in [2.05, 4.69) is 12.6 Å². The van der Waals surface area contributed by atoms with Crippen molar-refractivity contribution >= 4 is 41.8 Å². The highest BCUT2D eigenvalue weighted by molar-refractivity contribution is 7.81. The molecule has 0 amide bonds. The number of rotatable bonds is 2. The molecule has 0 saturated heterocycles. The molecule has 1 aromatic carbocycles. The molecule has 0 aliphatic carbocycles. The quantitative estimate of drug-likeness (QED) is 0.775. The van der Waals surface area contributed by atoms with Crippen molar-refractivity contribution in [3.8, 4) is 0 Å². The number of halogens is 2. The van der Waals surface area contributed by atoms with Gasteiger partial charge >= 0.3 is 5.97 Å². The van der Waals surface area contributed by atoms with Crippen LogP contribution in [0.15, 0.2) is 18.2 Å². The zero-order valence-corrected chi connectivity index (χ0v) is 8.77. The summed E-state index contributed by atoms with van der Waals surface area (Å²) in [5.74, 6) is -1.05. The fourth-order valence-corrected chi connectivity index (χ4v) is 1.55. The van der Waals surface area contributed by atoms with E-state index in [1.807, 2.05) is 0 Å². The average Bonchev–Trinajstić information content (AvgIpc) is 2.08. The maximum absolute atomic E-state index is 10.6. The van der Waals surface area contributed by atoms with Gasteiger partial charge in [-0.05, 0) is 23.8 Å². The normalized spacial score (nSPS) is 12.5. The minimum Gasteiger partial charge on any atom is -0.480 e. The van der Waals surface area contributed by atoms with Crippen LogP contribution in [0.3, 0.4) is 0 Å². The van der Waals surface area contributed by atoms with Gasteiger partial charge < -0.3 is 5.11 Å². The SMILES string of the molecule is O=C(O)C(S)c1cc(Cl)ccc1Cl. The first-order valence-electron chi connectivity index (χ1n) is 3.38. The summed E-state index contributed by atoms with van der Waals surface area (Å²) in [6, 6.07) is 4.64. The van der Waals surface area contributed by atoms with Crippen molar-refractivity contribution in [1.29, 1.82) is 0 Å². The van der Waals surface area contributed by atoms with E-state index in [-0.39, 0.29) is 0 Å². The van der Waals surface area contributed by atoms with E-state index >= 15 is 0 Å². The van der Waals surface area contributed by atoms with E-state index in [0.717, 1.165) is 0 Å². The molecule has 2 nitrogen and oxygen atoms in total. The molecule has 1 rings (SSSR count). The molecule has 0 heterocycles. The number of hydrogen-bond donors (Lipinski definition) is 2. The topological polar surface area (TPSA) is 37.3 Å². The molecule has 13 heavy (non-hydrogen) atoms. The summed E-state index contributed by atoms with van der Waals surface area (Å²) in [6.45, 7) is 0. The van der Waals surface area contributed by atoms with Gasteiger partial charge in [-0.25, -0.2) is 0 Å². The Morgan fingerprint density at radius 1 is 1.46 bits per heavy atom. The van der Waals surface area contributed by atoms with Gasteiger partial charge in [0.05, 0.1) is 0 Å². The van der Waals surface area contributed by atoms with Crippen LogP contribution in [0.5, 0.6) is 0 Å². The lowest BCUT2D eigenvalue weighted by Crippen LogP contribution is -2.05. The van der Waals surface area contributed by atoms with Crippen LogP contribution in [-0.4, -0.2) is 11.1 Å². The van der Waals surface area contributed by atoms with E-state index < -0.39 is 11.2 Å². The van der Waals surface area contributed by atoms with Gasteiger partial charge in [0.15, 0.2) is 0 Å². The van der Waals surface area contributed by atoms with Crippen molar-refractivity contribution in [2.45, 2.75) is 5.25 Å². The second-order valence-corrected chi connectivity index (χ2v) is 3.77. The summed E-state index contributed by atoms with van der Waals surface area (Å²) in [7, 11) is 0. The van der Waals surface area contributed by atoms with Gasteiger partial charge in [0.2, 0.25) is 0 Å². The Morgan fingerprint density at radius 2 is 2.08 bits per heavy atom. The van der Waals surface area contributed by atoms with Crippen molar-refractivity contribution < 1.29 is 9.90 Å². The zero-order valence-electron chi connectivity index (χ0n) is 6.37. The Hall–Kier alpha value is -0.380. The highest BCUT2D eigenvalue weighted by Crippen LogP contribution is 2.29. The predicted molar refractivity (Wildman–Crippen MR) is 55.8 cm³/mol. The number of carboxylic acid groups (broad SMARTS) is 1. The van der Waals surface area contributed by atoms with Gasteiger partial charge in [0.25, 0.3) is 0 Å². The monoisotopic (exact) mass is 236 g/mol. The molecule has 5 heteroatoms. The second-order valence-electron chi connectivity index (χ2n) is 2.41. The highest BCUT2D eigenvalue weighted by atomic mass is 35.5. The van der Waals surface area contributed by atoms with Crippen LogP contribution in [0.2, 0.25) is 10.0 Å². The maximum Gasteiger partial charge on any atom is 0.320 e. The molecule has 1 unspecified atom stereocenters. The van der Waals surface area contributed by atoms with Gasteiger partial charge in [0.1, 0.15) is 5.25 Å². The molecule has 1 N–H and O–H groups in total. The van der Waals surface area contributed by atoms with Crippen molar-refractivity contribution in [3.63, 3.8) is 0 Å². The average molecular weight is 237 g/mol. The fraction of sp³-hybridized carbons (Fsp3) is 0.125. The third kappa shape index (κ3) is 2.53. The minimum atomic E-state index is -1.05. The van der Waals surface area contributed by atoms with Gasteiger partial charge in [0, 0.05) is 10.0 Å². The number of carboxylic acids is 1. The highest BCUT2D eigenvalue weighted by Gasteiger charge is 2.17. The summed E-state index contributed by atoms with van der Waals surface area (Å²) in [4.78, 5) is 10.6. The van der Waals surface area contributed by atoms with Crippen molar-refractivity contribution in [2.75, 3.05) is 0 Å². The van der Waals surface area contributed by atoms with Crippen LogP contribution in [0.4, 0.5) is 0 Å². The number of aliphatic carboxylic acids is 1. The Kier molecular flexibility index (Phi) is 3.47. The smallest absolute Gasteiger partial charge is 0.320 e. The van der Waals surface area contributed by atoms with E-state index in [4.69, 9.17) is 28.3 Å². The summed E-state index contributed by atoms with van der Waals surface area (Å²) >= 11 is 15.3. The molecule has 0 bridgehead atoms. The van der Waals surface area contributed by atoms with Crippen molar-refractivity contribution in [3.05, 3.63) is 33.8 Å². The first-order valence-corrected chi connectivity index (χ1v) is 4.65. The third-order valence-corrected chi connectivity index (χ3v) is 2.56. The van der Waals surface area contributed by atoms with E-state index in [0.29, 0.717) is 15.6 Å². The molecule has 0 aromatic heterocycles. The predicted octanol–water partition coefficient (Wildman–Crippen LogP) is 3.05. The van der Waals surface area contributed by atoms with E-state index in [1.54, 1.807) is 12.1 Å². The van der Waals surface area contributed by atoms with E-state index in [1.165, 1.54) is 6.07 Å². The summed E-state index contributed by atoms with van der Waals surface area (Å²) in [5, 5.41) is 8.53. The Labute approximate surface area is 90.9 Å². The maximum atomic E-state index is 10.6. The zero-order chi connectivity index (χ0) is 10.0. The van der Waals surface area contributed by atoms with E-state index in [9.17, 15) is 4.79 Å². The minimum absolute atomic E-state index is 0.354. The molecule has 0 aliphatic heterocycles. The van der Waals surface area contributed by atoms with Crippen LogP contribution in [-0.2, 0) is 4.79 Å². The number of benzene rings is 1. The molecule has 0 fully saturated rings. The lowest BCUT2D eigenvalue weighted by molar-refractivity contribution is -0.136. The summed E-state index contributed by atoms with van der Waals surface area (Å²) in [6.07, 6.45) is 0. The first-order chi connectivity index (χ1) is 6.02. The summed E-state index contributed by atoms with van der Waals surface area (Å²) in [5.41, 5.74) is 0.407. The van der Waals surface area contributed by atoms with Crippen LogP contribution < -0.4 is 0 Å². The van der Waals surface area contributed by atoms with Crippen molar-refractivity contribution in [2.24, 2.45) is 0 Å². The Balaban J connectivity index is 3.12. The molecule has 0 spiro atoms. The number of carbonyl (C=O) groups is 1. The Morgan fingerprint density at radius 3 is 2.62 bits per heavy atom. The molecule has 70 valence electrons. The second kappa shape index (κ2) is 4.22. The molecule has 1 aromatic rings. The van der Waals surface area contributed by atoms with Gasteiger partial charge in [-0.3, -0.25) is 4.79 Å². The molecule has 0 aliphatic rings. The molecular weight excluding hydrogens is 231 g/mol. The lowest BCUT2D eigenvalue weighted by atomic mass is 10.1. The Bertz CT molecular complexity index is 341. The van der Waals surface area contributed by atoms with Crippen LogP contribution >= 0.6 is 35.8 Å². The third-order valence-electron chi connectivity index (χ3n) is 1.49. The molecule has 0 radical (unpaired) electrons. The van der Waals surface area contributed by atoms with Crippen LogP contribution in [0.1, 0.15) is 10.8 Å². The van der Waals surface area contributed by atoms with Crippen LogP contribution in [0.25, 0.3) is 0 Å². The summed E-state index contributed by atoms with van der Waals surface area (Å²) < 4.78 is 0.